The van der Waals surface area contributed by atoms with E-state index in [1.807, 2.05) is 0 Å². The lowest BCUT2D eigenvalue weighted by molar-refractivity contribution is -0.303. The second-order valence-electron chi connectivity index (χ2n) is 17.7. The minimum atomic E-state index is -1.28. The average molecular weight is 607 g/mol. The third-order valence-electron chi connectivity index (χ3n) is 15.6. The van der Waals surface area contributed by atoms with Gasteiger partial charge in [0.05, 0.1) is 24.4 Å². The average Bonchev–Trinajstić information content (AvgIpc) is 3.47. The van der Waals surface area contributed by atoms with Crippen LogP contribution >= 0.6 is 0 Å². The van der Waals surface area contributed by atoms with Gasteiger partial charge in [0.15, 0.2) is 12.1 Å². The van der Waals surface area contributed by atoms with Crippen LogP contribution in [0.25, 0.3) is 0 Å². The highest BCUT2D eigenvalue weighted by atomic mass is 16.8. The van der Waals surface area contributed by atoms with Crippen LogP contribution < -0.4 is 0 Å². The Morgan fingerprint density at radius 1 is 0.767 bits per heavy atom. The van der Waals surface area contributed by atoms with E-state index >= 15 is 0 Å². The molecule has 9 nitrogen and oxygen atoms in total. The molecule has 3 spiro atoms. The highest BCUT2D eigenvalue weighted by molar-refractivity contribution is 5.34. The lowest BCUT2D eigenvalue weighted by Gasteiger charge is -2.63. The monoisotopic (exact) mass is 606 g/mol. The quantitative estimate of drug-likeness (QED) is 0.307. The molecule has 3 saturated heterocycles. The summed E-state index contributed by atoms with van der Waals surface area (Å²) in [5.74, 6) is -0.137. The van der Waals surface area contributed by atoms with E-state index in [0.717, 1.165) is 51.4 Å². The maximum absolute atomic E-state index is 12.5. The molecule has 2 bridgehead atoms. The normalized spacial score (nSPS) is 61.6. The molecule has 244 valence electrons. The Bertz CT molecular complexity index is 1170. The van der Waals surface area contributed by atoms with Gasteiger partial charge in [0.25, 0.3) is 0 Å². The summed E-state index contributed by atoms with van der Waals surface area (Å²) in [6.07, 6.45) is 3.08. The van der Waals surface area contributed by atoms with Gasteiger partial charge in [-0.05, 0) is 105 Å². The molecule has 16 atom stereocenters. The van der Waals surface area contributed by atoms with E-state index in [9.17, 15) is 25.5 Å². The highest BCUT2D eigenvalue weighted by Crippen LogP contribution is 2.90. The molecule has 6 unspecified atom stereocenters. The highest BCUT2D eigenvalue weighted by Gasteiger charge is 2.87. The standard InChI is InChI=1S/C34H54O9/c1-28(2)19-9-10-21-31(6)27(38)34-20(8-7-18(42-34)25(43-34)29(3,4)39)30(31,5)13-14-33(21)16-32(19,33)12-11-22(28)41-26-24(37)23(36)17(35)15-40-26/h17-27,35-39H,7-16H2,1-6H3/t17-,18?,19?,20?,21?,22+,23-,24-,25+,26+,27?,30-,31?,32-,33+,34-/m1/s1. The van der Waals surface area contributed by atoms with Crippen molar-refractivity contribution < 1.29 is 44.5 Å². The maximum Gasteiger partial charge on any atom is 0.199 e. The van der Waals surface area contributed by atoms with E-state index in [-0.39, 0.29) is 51.8 Å². The number of rotatable bonds is 3. The summed E-state index contributed by atoms with van der Waals surface area (Å²) in [7, 11) is 0. The summed E-state index contributed by atoms with van der Waals surface area (Å²) in [4.78, 5) is 0. The van der Waals surface area contributed by atoms with E-state index in [0.29, 0.717) is 11.8 Å². The first-order valence-electron chi connectivity index (χ1n) is 17.1. The van der Waals surface area contributed by atoms with Gasteiger partial charge in [-0.15, -0.1) is 0 Å². The zero-order valence-corrected chi connectivity index (χ0v) is 26.8. The van der Waals surface area contributed by atoms with Crippen LogP contribution in [0.3, 0.4) is 0 Å². The van der Waals surface area contributed by atoms with Crippen molar-refractivity contribution in [3.05, 3.63) is 0 Å². The Kier molecular flexibility index (Phi) is 6.11. The molecular weight excluding hydrogens is 552 g/mol. The summed E-state index contributed by atoms with van der Waals surface area (Å²) in [5, 5.41) is 54.3. The van der Waals surface area contributed by atoms with Gasteiger partial charge in [0.2, 0.25) is 0 Å². The fourth-order valence-corrected chi connectivity index (χ4v) is 13.4. The molecule has 8 aliphatic rings. The zero-order chi connectivity index (χ0) is 30.8. The summed E-state index contributed by atoms with van der Waals surface area (Å²) >= 11 is 0. The zero-order valence-electron chi connectivity index (χ0n) is 26.8. The van der Waals surface area contributed by atoms with Gasteiger partial charge in [-0.25, -0.2) is 0 Å². The number of fused-ring (bicyclic) bond motifs is 4. The molecule has 9 heteroatoms. The van der Waals surface area contributed by atoms with Crippen LogP contribution in [0, 0.1) is 44.8 Å². The fraction of sp³-hybridized carbons (Fsp3) is 1.00. The van der Waals surface area contributed by atoms with Gasteiger partial charge < -0.3 is 44.5 Å². The Balaban J connectivity index is 1.08. The van der Waals surface area contributed by atoms with Crippen molar-refractivity contribution in [1.29, 1.82) is 0 Å². The van der Waals surface area contributed by atoms with Gasteiger partial charge in [0.1, 0.15) is 30.5 Å². The molecule has 5 aliphatic carbocycles. The third kappa shape index (κ3) is 3.36. The molecule has 0 aromatic carbocycles. The lowest BCUT2D eigenvalue weighted by atomic mass is 9.41. The predicted octanol–water partition coefficient (Wildman–Crippen LogP) is 2.88. The molecule has 0 aromatic rings. The van der Waals surface area contributed by atoms with Crippen LogP contribution in [0.1, 0.15) is 99.3 Å². The lowest BCUT2D eigenvalue weighted by Crippen LogP contribution is -2.61. The summed E-state index contributed by atoms with van der Waals surface area (Å²) < 4.78 is 25.6. The SMILES string of the molecule is CC(C)(O)[C@H]1O[C@]23OC1CCC2[C@@]1(C)CC[C@@]24C[C@@]25CC[C@H](O[C@@H]2OC[C@@H](O)[C@@H](O)[C@H]2O)C(C)(C)C5CCC4C1(C)C3O. The van der Waals surface area contributed by atoms with Gasteiger partial charge in [-0.2, -0.15) is 0 Å². The topological polar surface area (TPSA) is 138 Å². The van der Waals surface area contributed by atoms with Gasteiger partial charge in [0, 0.05) is 11.3 Å². The summed E-state index contributed by atoms with van der Waals surface area (Å²) in [6, 6.07) is 0. The first-order chi connectivity index (χ1) is 20.0. The number of hydrogen-bond acceptors (Lipinski definition) is 9. The Morgan fingerprint density at radius 2 is 1.44 bits per heavy atom. The molecule has 3 heterocycles. The second-order valence-corrected chi connectivity index (χ2v) is 17.7. The van der Waals surface area contributed by atoms with E-state index in [1.165, 1.54) is 6.42 Å². The molecule has 43 heavy (non-hydrogen) atoms. The number of ether oxygens (including phenoxy) is 4. The van der Waals surface area contributed by atoms with Crippen molar-refractivity contribution in [2.45, 2.75) is 160 Å². The van der Waals surface area contributed by atoms with Crippen LogP contribution in [0.4, 0.5) is 0 Å². The van der Waals surface area contributed by atoms with E-state index in [2.05, 4.69) is 27.7 Å². The first kappa shape index (κ1) is 30.0. The second kappa shape index (κ2) is 8.75. The van der Waals surface area contributed by atoms with Gasteiger partial charge in [-0.3, -0.25) is 0 Å². The molecule has 5 N–H and O–H groups in total. The summed E-state index contributed by atoms with van der Waals surface area (Å²) in [6.45, 7) is 12.9. The largest absolute Gasteiger partial charge is 0.388 e. The third-order valence-corrected chi connectivity index (χ3v) is 15.6. The molecule has 0 aromatic heterocycles. The minimum Gasteiger partial charge on any atom is -0.388 e. The van der Waals surface area contributed by atoms with Crippen LogP contribution in [-0.2, 0) is 18.9 Å². The van der Waals surface area contributed by atoms with Crippen LogP contribution in [0.2, 0.25) is 0 Å². The van der Waals surface area contributed by atoms with Crippen LogP contribution in [-0.4, -0.2) is 92.5 Å². The maximum atomic E-state index is 12.5. The number of aliphatic hydroxyl groups is 5. The Morgan fingerprint density at radius 3 is 2.16 bits per heavy atom. The number of aliphatic hydroxyl groups excluding tert-OH is 4. The Hall–Kier alpha value is -0.360. The smallest absolute Gasteiger partial charge is 0.199 e. The molecule has 3 aliphatic heterocycles. The van der Waals surface area contributed by atoms with Crippen molar-refractivity contribution >= 4 is 0 Å². The van der Waals surface area contributed by atoms with Crippen molar-refractivity contribution in [2.75, 3.05) is 6.61 Å². The first-order valence-corrected chi connectivity index (χ1v) is 17.1. The molecular formula is C34H54O9. The van der Waals surface area contributed by atoms with E-state index in [4.69, 9.17) is 18.9 Å². The molecule has 8 rings (SSSR count). The fourth-order valence-electron chi connectivity index (χ4n) is 13.4. The summed E-state index contributed by atoms with van der Waals surface area (Å²) in [5.41, 5.74) is -1.31. The van der Waals surface area contributed by atoms with Crippen molar-refractivity contribution in [1.82, 2.24) is 0 Å². The van der Waals surface area contributed by atoms with E-state index in [1.54, 1.807) is 13.8 Å². The molecule has 0 radical (unpaired) electrons. The van der Waals surface area contributed by atoms with Gasteiger partial charge in [-0.1, -0.05) is 27.7 Å². The van der Waals surface area contributed by atoms with Crippen molar-refractivity contribution in [2.24, 2.45) is 44.8 Å². The van der Waals surface area contributed by atoms with Crippen molar-refractivity contribution in [3.8, 4) is 0 Å². The molecule has 5 saturated carbocycles. The number of hydrogen-bond donors (Lipinski definition) is 5. The minimum absolute atomic E-state index is 0.0545. The molecule has 8 fully saturated rings. The van der Waals surface area contributed by atoms with Gasteiger partial charge >= 0.3 is 0 Å². The van der Waals surface area contributed by atoms with E-state index < -0.39 is 48.2 Å². The van der Waals surface area contributed by atoms with Crippen molar-refractivity contribution in [3.63, 3.8) is 0 Å². The predicted molar refractivity (Wildman–Crippen MR) is 154 cm³/mol. The molecule has 0 amide bonds. The van der Waals surface area contributed by atoms with Crippen LogP contribution in [0.15, 0.2) is 0 Å². The van der Waals surface area contributed by atoms with Crippen LogP contribution in [0.5, 0.6) is 0 Å². The Labute approximate surface area is 255 Å².